The summed E-state index contributed by atoms with van der Waals surface area (Å²) in [6, 6.07) is 0. The van der Waals surface area contributed by atoms with Gasteiger partial charge < -0.3 is 11.1 Å². The number of aryl methyl sites for hydroxylation is 1. The molecule has 0 aliphatic heterocycles. The second-order valence-electron chi connectivity index (χ2n) is 4.45. The molecule has 4 N–H and O–H groups in total. The molecule has 0 unspecified atom stereocenters. The van der Waals surface area contributed by atoms with E-state index < -0.39 is 0 Å². The van der Waals surface area contributed by atoms with Crippen LogP contribution in [0.1, 0.15) is 41.7 Å². The number of nitrogens with two attached hydrogens (primary N) is 1. The first-order valence-electron chi connectivity index (χ1n) is 5.77. The van der Waals surface area contributed by atoms with Crippen LogP contribution in [0.4, 0.5) is 5.82 Å². The summed E-state index contributed by atoms with van der Waals surface area (Å²) in [7, 11) is 0. The summed E-state index contributed by atoms with van der Waals surface area (Å²) in [5.41, 5.74) is 6.81. The number of amides is 1. The lowest BCUT2D eigenvalue weighted by Gasteiger charge is -2.25. The van der Waals surface area contributed by atoms with Crippen LogP contribution < -0.4 is 11.1 Å². The van der Waals surface area contributed by atoms with Crippen LogP contribution in [0.15, 0.2) is 0 Å². The van der Waals surface area contributed by atoms with Gasteiger partial charge in [0.05, 0.1) is 0 Å². The molecule has 1 aliphatic carbocycles. The van der Waals surface area contributed by atoms with Crippen LogP contribution in [-0.2, 0) is 0 Å². The number of aromatic amines is 1. The van der Waals surface area contributed by atoms with E-state index in [0.717, 1.165) is 24.6 Å². The highest BCUT2D eigenvalue weighted by Crippen LogP contribution is 2.28. The van der Waals surface area contributed by atoms with Crippen molar-refractivity contribution in [3.63, 3.8) is 0 Å². The van der Waals surface area contributed by atoms with Crippen molar-refractivity contribution < 1.29 is 4.79 Å². The Labute approximate surface area is 94.8 Å². The highest BCUT2D eigenvalue weighted by atomic mass is 16.1. The summed E-state index contributed by atoms with van der Waals surface area (Å²) in [6.07, 6.45) is 5.03. The molecule has 1 saturated carbocycles. The number of rotatable bonds is 4. The summed E-state index contributed by atoms with van der Waals surface area (Å²) in [5, 5.41) is 9.39. The zero-order valence-corrected chi connectivity index (χ0v) is 9.55. The fourth-order valence-corrected chi connectivity index (χ4v) is 1.99. The minimum atomic E-state index is -0.122. The number of anilines is 1. The number of nitrogen functional groups attached to an aromatic ring is 1. The first kappa shape index (κ1) is 11.0. The van der Waals surface area contributed by atoms with Crippen LogP contribution >= 0.6 is 0 Å². The van der Waals surface area contributed by atoms with Gasteiger partial charge in [-0.15, -0.1) is 0 Å². The molecule has 0 radical (unpaired) electrons. The maximum atomic E-state index is 11.8. The SMILES string of the molecule is Cc1[nH]nc(N)c1C(=O)NCCC1CCC1. The van der Waals surface area contributed by atoms with Crippen LogP contribution in [0.25, 0.3) is 0 Å². The van der Waals surface area contributed by atoms with Gasteiger partial charge in [0, 0.05) is 12.2 Å². The molecule has 2 rings (SSSR count). The van der Waals surface area contributed by atoms with Crippen LogP contribution in [-0.4, -0.2) is 22.6 Å². The molecule has 1 aromatic rings. The molecule has 1 amide bonds. The normalized spacial score (nSPS) is 15.8. The smallest absolute Gasteiger partial charge is 0.256 e. The van der Waals surface area contributed by atoms with Crippen molar-refractivity contribution in [1.29, 1.82) is 0 Å². The van der Waals surface area contributed by atoms with Crippen molar-refractivity contribution in [3.8, 4) is 0 Å². The van der Waals surface area contributed by atoms with E-state index in [1.165, 1.54) is 19.3 Å². The molecule has 0 aromatic carbocycles. The van der Waals surface area contributed by atoms with Gasteiger partial charge in [0.1, 0.15) is 5.56 Å². The molecular formula is C11H18N4O. The van der Waals surface area contributed by atoms with Crippen molar-refractivity contribution in [3.05, 3.63) is 11.3 Å². The topological polar surface area (TPSA) is 83.8 Å². The number of hydrogen-bond donors (Lipinski definition) is 3. The molecule has 16 heavy (non-hydrogen) atoms. The molecule has 0 atom stereocenters. The minimum Gasteiger partial charge on any atom is -0.382 e. The Morgan fingerprint density at radius 1 is 1.62 bits per heavy atom. The van der Waals surface area contributed by atoms with Gasteiger partial charge >= 0.3 is 0 Å². The molecular weight excluding hydrogens is 204 g/mol. The number of carbonyl (C=O) groups excluding carboxylic acids is 1. The van der Waals surface area contributed by atoms with E-state index in [-0.39, 0.29) is 11.7 Å². The zero-order chi connectivity index (χ0) is 11.5. The third kappa shape index (κ3) is 2.18. The average molecular weight is 222 g/mol. The fraction of sp³-hybridized carbons (Fsp3) is 0.636. The molecule has 5 heteroatoms. The molecule has 1 aliphatic rings. The molecule has 1 aromatic heterocycles. The van der Waals surface area contributed by atoms with E-state index >= 15 is 0 Å². The Bertz CT molecular complexity index is 362. The van der Waals surface area contributed by atoms with Gasteiger partial charge in [-0.2, -0.15) is 5.10 Å². The Morgan fingerprint density at radius 2 is 2.38 bits per heavy atom. The molecule has 88 valence electrons. The summed E-state index contributed by atoms with van der Waals surface area (Å²) in [4.78, 5) is 11.8. The van der Waals surface area contributed by atoms with Gasteiger partial charge in [0.15, 0.2) is 5.82 Å². The number of aromatic nitrogens is 2. The van der Waals surface area contributed by atoms with Crippen molar-refractivity contribution in [2.45, 2.75) is 32.6 Å². The number of H-pyrrole nitrogens is 1. The van der Waals surface area contributed by atoms with Gasteiger partial charge in [-0.3, -0.25) is 9.89 Å². The highest BCUT2D eigenvalue weighted by molar-refractivity contribution is 5.99. The van der Waals surface area contributed by atoms with Crippen LogP contribution in [0.3, 0.4) is 0 Å². The lowest BCUT2D eigenvalue weighted by atomic mass is 9.83. The first-order valence-corrected chi connectivity index (χ1v) is 5.77. The molecule has 0 saturated heterocycles. The monoisotopic (exact) mass is 222 g/mol. The van der Waals surface area contributed by atoms with Gasteiger partial charge in [0.2, 0.25) is 0 Å². The zero-order valence-electron chi connectivity index (χ0n) is 9.55. The fourth-order valence-electron chi connectivity index (χ4n) is 1.99. The molecule has 1 fully saturated rings. The van der Waals surface area contributed by atoms with E-state index in [0.29, 0.717) is 5.56 Å². The van der Waals surface area contributed by atoms with Crippen molar-refractivity contribution in [1.82, 2.24) is 15.5 Å². The first-order chi connectivity index (χ1) is 7.68. The van der Waals surface area contributed by atoms with Crippen LogP contribution in [0.5, 0.6) is 0 Å². The summed E-state index contributed by atoms with van der Waals surface area (Å²) in [6.45, 7) is 2.53. The summed E-state index contributed by atoms with van der Waals surface area (Å²) < 4.78 is 0. The van der Waals surface area contributed by atoms with Crippen molar-refractivity contribution in [2.75, 3.05) is 12.3 Å². The maximum Gasteiger partial charge on any atom is 0.256 e. The number of hydrogen-bond acceptors (Lipinski definition) is 3. The predicted molar refractivity (Wildman–Crippen MR) is 62.0 cm³/mol. The van der Waals surface area contributed by atoms with E-state index in [1.807, 2.05) is 0 Å². The largest absolute Gasteiger partial charge is 0.382 e. The highest BCUT2D eigenvalue weighted by Gasteiger charge is 2.19. The molecule has 0 bridgehead atoms. The van der Waals surface area contributed by atoms with Crippen molar-refractivity contribution >= 4 is 11.7 Å². The average Bonchev–Trinajstić information content (AvgIpc) is 2.50. The Hall–Kier alpha value is -1.52. The second kappa shape index (κ2) is 4.55. The second-order valence-corrected chi connectivity index (χ2v) is 4.45. The van der Waals surface area contributed by atoms with Gasteiger partial charge in [0.25, 0.3) is 5.91 Å². The predicted octanol–water partition coefficient (Wildman–Crippen LogP) is 1.22. The maximum absolute atomic E-state index is 11.8. The lowest BCUT2D eigenvalue weighted by Crippen LogP contribution is -2.28. The van der Waals surface area contributed by atoms with Gasteiger partial charge in [-0.25, -0.2) is 0 Å². The summed E-state index contributed by atoms with van der Waals surface area (Å²) in [5.74, 6) is 0.963. The molecule has 1 heterocycles. The standard InChI is InChI=1S/C11H18N4O/c1-7-9(10(12)15-14-7)11(16)13-6-5-8-3-2-4-8/h8H,2-6H2,1H3,(H,13,16)(H3,12,14,15). The van der Waals surface area contributed by atoms with E-state index in [1.54, 1.807) is 6.92 Å². The van der Waals surface area contributed by atoms with E-state index in [9.17, 15) is 4.79 Å². The quantitative estimate of drug-likeness (QED) is 0.716. The summed E-state index contributed by atoms with van der Waals surface area (Å²) >= 11 is 0. The number of carbonyl (C=O) groups is 1. The minimum absolute atomic E-state index is 0.122. The number of nitrogens with zero attached hydrogens (tertiary/aromatic N) is 1. The van der Waals surface area contributed by atoms with Crippen LogP contribution in [0, 0.1) is 12.8 Å². The van der Waals surface area contributed by atoms with E-state index in [2.05, 4.69) is 15.5 Å². The van der Waals surface area contributed by atoms with Gasteiger partial charge in [-0.05, 0) is 19.3 Å². The van der Waals surface area contributed by atoms with Crippen LogP contribution in [0.2, 0.25) is 0 Å². The third-order valence-corrected chi connectivity index (χ3v) is 3.27. The third-order valence-electron chi connectivity index (χ3n) is 3.27. The number of nitrogens with one attached hydrogen (secondary N) is 2. The lowest BCUT2D eigenvalue weighted by molar-refractivity contribution is 0.0949. The molecule has 0 spiro atoms. The molecule has 5 nitrogen and oxygen atoms in total. The van der Waals surface area contributed by atoms with Crippen molar-refractivity contribution in [2.24, 2.45) is 5.92 Å². The Balaban J connectivity index is 1.83. The van der Waals surface area contributed by atoms with E-state index in [4.69, 9.17) is 5.73 Å². The Morgan fingerprint density at radius 3 is 2.88 bits per heavy atom. The van der Waals surface area contributed by atoms with Gasteiger partial charge in [-0.1, -0.05) is 19.3 Å². The Kier molecular flexibility index (Phi) is 3.12.